The highest BCUT2D eigenvalue weighted by molar-refractivity contribution is 8.13. The molecule has 0 N–H and O–H groups in total. The summed E-state index contributed by atoms with van der Waals surface area (Å²) in [5.41, 5.74) is 4.24. The minimum Gasteiger partial charge on any atom is -0.497 e. The number of carbonyl (C=O) groups excluding carboxylic acids is 1. The molecule has 3 aromatic rings. The number of aliphatic imine (C=N–C) groups is 1. The minimum atomic E-state index is -0.158. The first kappa shape index (κ1) is 23.7. The van der Waals surface area contributed by atoms with E-state index in [4.69, 9.17) is 9.73 Å². The van der Waals surface area contributed by atoms with Gasteiger partial charge in [-0.15, -0.1) is 5.10 Å². The molecule has 4 rings (SSSR count). The molecule has 8 nitrogen and oxygen atoms in total. The summed E-state index contributed by atoms with van der Waals surface area (Å²) in [6, 6.07) is 13.6. The maximum atomic E-state index is 13.5. The van der Waals surface area contributed by atoms with Gasteiger partial charge in [0.1, 0.15) is 11.4 Å². The molecule has 0 fully saturated rings. The minimum absolute atomic E-state index is 0.158. The summed E-state index contributed by atoms with van der Waals surface area (Å²) in [7, 11) is 1.63. The summed E-state index contributed by atoms with van der Waals surface area (Å²) in [4.78, 5) is 19.9. The Labute approximate surface area is 203 Å². The van der Waals surface area contributed by atoms with Crippen LogP contribution in [0.5, 0.6) is 5.75 Å². The zero-order valence-corrected chi connectivity index (χ0v) is 20.7. The van der Waals surface area contributed by atoms with Gasteiger partial charge in [0, 0.05) is 6.54 Å². The fourth-order valence-electron chi connectivity index (χ4n) is 3.70. The van der Waals surface area contributed by atoms with Gasteiger partial charge in [-0.1, -0.05) is 43.3 Å². The predicted molar refractivity (Wildman–Crippen MR) is 136 cm³/mol. The molecule has 1 amide bonds. The summed E-state index contributed by atoms with van der Waals surface area (Å²) in [6.07, 6.45) is 3.87. The molecule has 2 aromatic carbocycles. The van der Waals surface area contributed by atoms with Crippen molar-refractivity contribution in [2.75, 3.05) is 12.0 Å². The Morgan fingerprint density at radius 3 is 2.50 bits per heavy atom. The Hall–Kier alpha value is -3.46. The first-order valence-corrected chi connectivity index (χ1v) is 12.2. The van der Waals surface area contributed by atoms with Crippen LogP contribution in [0.15, 0.2) is 53.2 Å². The second kappa shape index (κ2) is 10.6. The zero-order chi connectivity index (χ0) is 24.1. The number of anilines is 1. The number of ether oxygens (including phenoxy) is 1. The van der Waals surface area contributed by atoms with Crippen LogP contribution in [0.2, 0.25) is 0 Å². The van der Waals surface area contributed by atoms with Gasteiger partial charge >= 0.3 is 0 Å². The molecule has 1 aliphatic rings. The number of hydrogen-bond donors (Lipinski definition) is 0. The second-order valence-corrected chi connectivity index (χ2v) is 9.09. The molecule has 0 bridgehead atoms. The first-order valence-electron chi connectivity index (χ1n) is 11.2. The number of aromatic nitrogens is 4. The highest BCUT2D eigenvalue weighted by Gasteiger charge is 2.32. The van der Waals surface area contributed by atoms with Crippen molar-refractivity contribution in [2.24, 2.45) is 4.99 Å². The lowest BCUT2D eigenvalue weighted by atomic mass is 10.1. The maximum absolute atomic E-state index is 13.5. The summed E-state index contributed by atoms with van der Waals surface area (Å²) >= 11 is 1.46. The van der Waals surface area contributed by atoms with E-state index in [0.29, 0.717) is 16.6 Å². The van der Waals surface area contributed by atoms with Crippen LogP contribution in [0.25, 0.3) is 6.08 Å². The number of benzene rings is 2. The van der Waals surface area contributed by atoms with Gasteiger partial charge in [0.2, 0.25) is 0 Å². The van der Waals surface area contributed by atoms with E-state index < -0.39 is 0 Å². The fourth-order valence-corrected chi connectivity index (χ4v) is 4.64. The zero-order valence-electron chi connectivity index (χ0n) is 19.9. The number of rotatable bonds is 8. The van der Waals surface area contributed by atoms with Crippen molar-refractivity contribution in [2.45, 2.75) is 45.9 Å². The van der Waals surface area contributed by atoms with Gasteiger partial charge in [-0.05, 0) is 77.7 Å². The van der Waals surface area contributed by atoms with Crippen LogP contribution in [0.4, 0.5) is 5.69 Å². The standard InChI is InChI=1S/C25H28N6O2S/c1-5-6-11-30-23(27-28-29-30)16-34-25-26-22(15-19-7-9-21(33-4)10-8-19)24(32)31(25)20-13-17(2)12-18(3)14-20/h7-10,12-15H,5-6,11,16H2,1-4H3/b22-15+. The van der Waals surface area contributed by atoms with E-state index in [2.05, 4.69) is 28.5 Å². The molecule has 0 saturated carbocycles. The monoisotopic (exact) mass is 476 g/mol. The van der Waals surface area contributed by atoms with Gasteiger partial charge in [0.05, 0.1) is 18.6 Å². The molecule has 0 aliphatic carbocycles. The normalized spacial score (nSPS) is 14.7. The average molecular weight is 477 g/mol. The van der Waals surface area contributed by atoms with E-state index in [9.17, 15) is 4.79 Å². The third-order valence-corrected chi connectivity index (χ3v) is 6.31. The third-order valence-electron chi connectivity index (χ3n) is 5.37. The van der Waals surface area contributed by atoms with Gasteiger partial charge < -0.3 is 4.74 Å². The first-order chi connectivity index (χ1) is 16.5. The fraction of sp³-hybridized carbons (Fsp3) is 0.320. The van der Waals surface area contributed by atoms with E-state index in [0.717, 1.165) is 53.3 Å². The lowest BCUT2D eigenvalue weighted by Gasteiger charge is -2.19. The molecule has 34 heavy (non-hydrogen) atoms. The summed E-state index contributed by atoms with van der Waals surface area (Å²) < 4.78 is 7.05. The predicted octanol–water partition coefficient (Wildman–Crippen LogP) is 4.78. The number of methoxy groups -OCH3 is 1. The van der Waals surface area contributed by atoms with Gasteiger partial charge in [-0.2, -0.15) is 0 Å². The Bertz CT molecular complexity index is 1210. The van der Waals surface area contributed by atoms with Crippen molar-refractivity contribution in [3.63, 3.8) is 0 Å². The lowest BCUT2D eigenvalue weighted by molar-refractivity contribution is -0.113. The van der Waals surface area contributed by atoms with Crippen molar-refractivity contribution >= 4 is 34.6 Å². The summed E-state index contributed by atoms with van der Waals surface area (Å²) in [6.45, 7) is 6.96. The van der Waals surface area contributed by atoms with Crippen LogP contribution in [0.3, 0.4) is 0 Å². The molecular formula is C25H28N6O2S. The van der Waals surface area contributed by atoms with Crippen molar-refractivity contribution < 1.29 is 9.53 Å². The molecule has 2 heterocycles. The van der Waals surface area contributed by atoms with E-state index in [1.165, 1.54) is 11.8 Å². The number of unbranched alkanes of at least 4 members (excludes halogenated alkanes) is 1. The quantitative estimate of drug-likeness (QED) is 0.435. The number of amidine groups is 1. The molecule has 176 valence electrons. The maximum Gasteiger partial charge on any atom is 0.283 e. The van der Waals surface area contributed by atoms with Gasteiger partial charge in [-0.3, -0.25) is 9.69 Å². The molecule has 1 aromatic heterocycles. The molecule has 0 saturated heterocycles. The highest BCUT2D eigenvalue weighted by Crippen LogP contribution is 2.32. The molecule has 0 radical (unpaired) electrons. The molecule has 9 heteroatoms. The second-order valence-electron chi connectivity index (χ2n) is 8.14. The number of hydrogen-bond acceptors (Lipinski definition) is 7. The molecule has 0 spiro atoms. The highest BCUT2D eigenvalue weighted by atomic mass is 32.2. The lowest BCUT2D eigenvalue weighted by Crippen LogP contribution is -2.30. The van der Waals surface area contributed by atoms with Crippen LogP contribution >= 0.6 is 11.8 Å². The SMILES string of the molecule is CCCCn1nnnc1CSC1=N/C(=C/c2ccc(OC)cc2)C(=O)N1c1cc(C)cc(C)c1. The summed E-state index contributed by atoms with van der Waals surface area (Å²) in [5, 5.41) is 12.7. The number of tetrazole rings is 1. The molecule has 1 aliphatic heterocycles. The molecular weight excluding hydrogens is 448 g/mol. The van der Waals surface area contributed by atoms with Crippen LogP contribution in [0, 0.1) is 13.8 Å². The Kier molecular flexibility index (Phi) is 7.42. The van der Waals surface area contributed by atoms with E-state index in [1.54, 1.807) is 18.1 Å². The van der Waals surface area contributed by atoms with Crippen molar-refractivity contribution in [1.29, 1.82) is 0 Å². The van der Waals surface area contributed by atoms with Crippen LogP contribution < -0.4 is 9.64 Å². The van der Waals surface area contributed by atoms with E-state index in [1.807, 2.05) is 54.9 Å². The van der Waals surface area contributed by atoms with Crippen LogP contribution in [-0.2, 0) is 17.1 Å². The van der Waals surface area contributed by atoms with E-state index >= 15 is 0 Å². The molecule has 0 atom stereocenters. The van der Waals surface area contributed by atoms with Crippen molar-refractivity contribution in [3.05, 3.63) is 70.7 Å². The smallest absolute Gasteiger partial charge is 0.283 e. The van der Waals surface area contributed by atoms with Crippen LogP contribution in [0.1, 0.15) is 42.3 Å². The summed E-state index contributed by atoms with van der Waals surface area (Å²) in [5.74, 6) is 1.88. The molecule has 0 unspecified atom stereocenters. The third kappa shape index (κ3) is 5.36. The largest absolute Gasteiger partial charge is 0.497 e. The number of amides is 1. The van der Waals surface area contributed by atoms with Gasteiger partial charge in [-0.25, -0.2) is 9.67 Å². The Morgan fingerprint density at radius 1 is 1.09 bits per heavy atom. The number of thioether (sulfide) groups is 1. The average Bonchev–Trinajstić information content (AvgIpc) is 3.39. The van der Waals surface area contributed by atoms with Crippen molar-refractivity contribution in [3.8, 4) is 5.75 Å². The Balaban J connectivity index is 1.65. The van der Waals surface area contributed by atoms with Crippen LogP contribution in [-0.4, -0.2) is 38.4 Å². The number of aryl methyl sites for hydroxylation is 3. The van der Waals surface area contributed by atoms with Gasteiger partial charge in [0.15, 0.2) is 11.0 Å². The van der Waals surface area contributed by atoms with E-state index in [-0.39, 0.29) is 5.91 Å². The van der Waals surface area contributed by atoms with Gasteiger partial charge in [0.25, 0.3) is 5.91 Å². The number of carbonyl (C=O) groups is 1. The topological polar surface area (TPSA) is 85.5 Å². The van der Waals surface area contributed by atoms with Crippen molar-refractivity contribution in [1.82, 2.24) is 20.2 Å². The Morgan fingerprint density at radius 2 is 1.82 bits per heavy atom. The number of nitrogens with zero attached hydrogens (tertiary/aromatic N) is 6.